The Bertz CT molecular complexity index is 799. The highest BCUT2D eigenvalue weighted by Gasteiger charge is 2.25. The molecule has 1 aliphatic rings. The van der Waals surface area contributed by atoms with Crippen molar-refractivity contribution in [1.29, 1.82) is 0 Å². The number of rotatable bonds is 2. The van der Waals surface area contributed by atoms with E-state index < -0.39 is 0 Å². The number of amides is 1. The lowest BCUT2D eigenvalue weighted by atomic mass is 10.0. The topological polar surface area (TPSA) is 44.9 Å². The van der Waals surface area contributed by atoms with Gasteiger partial charge in [0.2, 0.25) is 0 Å². The van der Waals surface area contributed by atoms with Crippen LogP contribution in [0.25, 0.3) is 17.7 Å². The smallest absolute Gasteiger partial charge is 0.256 e. The van der Waals surface area contributed by atoms with Crippen molar-refractivity contribution in [2.24, 2.45) is 0 Å². The number of fused-ring (bicyclic) bond motifs is 1. The molecule has 0 unspecified atom stereocenters. The number of H-pyrrole nitrogens is 1. The molecule has 0 fully saturated rings. The fourth-order valence-electron chi connectivity index (χ4n) is 2.53. The van der Waals surface area contributed by atoms with Crippen LogP contribution in [-0.2, 0) is 4.79 Å². The van der Waals surface area contributed by atoms with Gasteiger partial charge in [-0.3, -0.25) is 4.79 Å². The molecule has 0 aliphatic carbocycles. The van der Waals surface area contributed by atoms with Crippen molar-refractivity contribution >= 4 is 29.3 Å². The maximum absolute atomic E-state index is 13.4. The summed E-state index contributed by atoms with van der Waals surface area (Å²) in [6.45, 7) is 7.73. The molecule has 2 heterocycles. The van der Waals surface area contributed by atoms with Gasteiger partial charge in [0.05, 0.1) is 5.57 Å². The normalized spacial score (nSPS) is 15.2. The van der Waals surface area contributed by atoms with Gasteiger partial charge in [-0.1, -0.05) is 6.58 Å². The minimum atomic E-state index is -0.359. The van der Waals surface area contributed by atoms with E-state index in [9.17, 15) is 9.18 Å². The van der Waals surface area contributed by atoms with Crippen molar-refractivity contribution in [2.75, 3.05) is 5.32 Å². The van der Waals surface area contributed by atoms with E-state index in [1.807, 2.05) is 13.8 Å². The van der Waals surface area contributed by atoms with Gasteiger partial charge in [0.1, 0.15) is 5.82 Å². The summed E-state index contributed by atoms with van der Waals surface area (Å²) in [6, 6.07) is 4.28. The number of nitrogens with one attached hydrogen (secondary N) is 2. The van der Waals surface area contributed by atoms with Gasteiger partial charge in [-0.05, 0) is 55.3 Å². The number of benzene rings is 1. The molecule has 0 radical (unpaired) electrons. The number of hydrogen-bond acceptors (Lipinski definition) is 1. The Labute approximate surface area is 122 Å². The largest absolute Gasteiger partial charge is 0.355 e. The maximum Gasteiger partial charge on any atom is 0.256 e. The average Bonchev–Trinajstić information content (AvgIpc) is 2.91. The van der Waals surface area contributed by atoms with Gasteiger partial charge < -0.3 is 10.3 Å². The average molecular weight is 282 g/mol. The number of anilines is 1. The molecule has 3 nitrogen and oxygen atoms in total. The second-order valence-electron chi connectivity index (χ2n) is 5.11. The Morgan fingerprint density at radius 1 is 1.19 bits per heavy atom. The van der Waals surface area contributed by atoms with Gasteiger partial charge in [0.25, 0.3) is 5.91 Å². The number of halogens is 1. The quantitative estimate of drug-likeness (QED) is 0.806. The minimum absolute atomic E-state index is 0.220. The standard InChI is InChI=1S/C17H15FN2O/c1-4-14-9(2)10(3)16(19-14)8-13-12-7-11(18)5-6-15(12)20-17(13)21/h4-8,19H,1H2,2-3H3,(H,20,21)/b13-8-. The van der Waals surface area contributed by atoms with Crippen LogP contribution in [0.2, 0.25) is 0 Å². The zero-order chi connectivity index (χ0) is 15.1. The summed E-state index contributed by atoms with van der Waals surface area (Å²) in [4.78, 5) is 15.3. The monoisotopic (exact) mass is 282 g/mol. The van der Waals surface area contributed by atoms with Crippen molar-refractivity contribution in [2.45, 2.75) is 13.8 Å². The molecular formula is C17H15FN2O. The van der Waals surface area contributed by atoms with Gasteiger partial charge in [-0.15, -0.1) is 0 Å². The fraction of sp³-hybridized carbons (Fsp3) is 0.118. The molecule has 1 amide bonds. The van der Waals surface area contributed by atoms with Crippen LogP contribution in [0.1, 0.15) is 28.1 Å². The van der Waals surface area contributed by atoms with E-state index in [2.05, 4.69) is 16.9 Å². The zero-order valence-corrected chi connectivity index (χ0v) is 11.9. The van der Waals surface area contributed by atoms with Gasteiger partial charge in [0, 0.05) is 22.6 Å². The zero-order valence-electron chi connectivity index (χ0n) is 11.9. The highest BCUT2D eigenvalue weighted by Crippen LogP contribution is 2.34. The summed E-state index contributed by atoms with van der Waals surface area (Å²) >= 11 is 0. The molecule has 0 saturated heterocycles. The molecule has 1 aliphatic heterocycles. The molecule has 106 valence electrons. The Kier molecular flexibility index (Phi) is 3.01. The van der Waals surface area contributed by atoms with Gasteiger partial charge in [0.15, 0.2) is 0 Å². The van der Waals surface area contributed by atoms with E-state index in [0.29, 0.717) is 16.8 Å². The lowest BCUT2D eigenvalue weighted by Crippen LogP contribution is -2.03. The van der Waals surface area contributed by atoms with E-state index >= 15 is 0 Å². The first-order valence-electron chi connectivity index (χ1n) is 6.66. The summed E-state index contributed by atoms with van der Waals surface area (Å²) in [6.07, 6.45) is 3.50. The first-order valence-corrected chi connectivity index (χ1v) is 6.66. The Morgan fingerprint density at radius 3 is 2.57 bits per heavy atom. The maximum atomic E-state index is 13.4. The molecule has 2 aromatic rings. The third-order valence-corrected chi connectivity index (χ3v) is 3.90. The van der Waals surface area contributed by atoms with E-state index in [-0.39, 0.29) is 11.7 Å². The van der Waals surface area contributed by atoms with Crippen LogP contribution in [-0.4, -0.2) is 10.9 Å². The van der Waals surface area contributed by atoms with Crippen LogP contribution in [0, 0.1) is 19.7 Å². The lowest BCUT2D eigenvalue weighted by molar-refractivity contribution is -0.110. The second kappa shape index (κ2) is 4.74. The minimum Gasteiger partial charge on any atom is -0.355 e. The summed E-state index contributed by atoms with van der Waals surface area (Å²) in [5, 5.41) is 2.74. The van der Waals surface area contributed by atoms with Crippen molar-refractivity contribution in [3.8, 4) is 0 Å². The highest BCUT2D eigenvalue weighted by atomic mass is 19.1. The molecule has 1 aromatic carbocycles. The van der Waals surface area contributed by atoms with E-state index in [0.717, 1.165) is 22.5 Å². The van der Waals surface area contributed by atoms with Crippen LogP contribution in [0.3, 0.4) is 0 Å². The van der Waals surface area contributed by atoms with Gasteiger partial charge >= 0.3 is 0 Å². The number of aromatic amines is 1. The van der Waals surface area contributed by atoms with Crippen molar-refractivity contribution < 1.29 is 9.18 Å². The molecule has 0 atom stereocenters. The van der Waals surface area contributed by atoms with Crippen LogP contribution in [0.5, 0.6) is 0 Å². The molecule has 1 aromatic heterocycles. The predicted octanol–water partition coefficient (Wildman–Crippen LogP) is 3.91. The third kappa shape index (κ3) is 2.09. The van der Waals surface area contributed by atoms with Gasteiger partial charge in [-0.25, -0.2) is 4.39 Å². The predicted molar refractivity (Wildman–Crippen MR) is 83.3 cm³/mol. The highest BCUT2D eigenvalue weighted by molar-refractivity contribution is 6.34. The van der Waals surface area contributed by atoms with E-state index in [1.165, 1.54) is 12.1 Å². The van der Waals surface area contributed by atoms with Crippen LogP contribution in [0.4, 0.5) is 10.1 Å². The first-order chi connectivity index (χ1) is 10.0. The van der Waals surface area contributed by atoms with Crippen molar-refractivity contribution in [3.05, 3.63) is 58.7 Å². The Morgan fingerprint density at radius 2 is 1.90 bits per heavy atom. The summed E-state index contributed by atoms with van der Waals surface area (Å²) < 4.78 is 13.4. The van der Waals surface area contributed by atoms with Crippen LogP contribution in [0.15, 0.2) is 24.8 Å². The number of carbonyl (C=O) groups excluding carboxylic acids is 1. The number of aromatic nitrogens is 1. The molecule has 0 spiro atoms. The molecule has 21 heavy (non-hydrogen) atoms. The third-order valence-electron chi connectivity index (χ3n) is 3.90. The molecule has 4 heteroatoms. The van der Waals surface area contributed by atoms with E-state index in [1.54, 1.807) is 18.2 Å². The van der Waals surface area contributed by atoms with Crippen LogP contribution < -0.4 is 5.32 Å². The fourth-order valence-corrected chi connectivity index (χ4v) is 2.53. The molecule has 0 bridgehead atoms. The summed E-state index contributed by atoms with van der Waals surface area (Å²) in [5.74, 6) is -0.579. The Hall–Kier alpha value is -2.62. The van der Waals surface area contributed by atoms with Crippen molar-refractivity contribution in [3.63, 3.8) is 0 Å². The van der Waals surface area contributed by atoms with Gasteiger partial charge in [-0.2, -0.15) is 0 Å². The van der Waals surface area contributed by atoms with Crippen LogP contribution >= 0.6 is 0 Å². The molecule has 2 N–H and O–H groups in total. The number of hydrogen-bond donors (Lipinski definition) is 2. The molecular weight excluding hydrogens is 267 g/mol. The summed E-state index contributed by atoms with van der Waals surface area (Å²) in [7, 11) is 0. The first kappa shape index (κ1) is 13.4. The molecule has 0 saturated carbocycles. The Balaban J connectivity index is 2.15. The second-order valence-corrected chi connectivity index (χ2v) is 5.11. The van der Waals surface area contributed by atoms with Crippen molar-refractivity contribution in [1.82, 2.24) is 4.98 Å². The SMILES string of the molecule is C=Cc1[nH]c(/C=C2\C(=O)Nc3ccc(F)cc32)c(C)c1C. The summed E-state index contributed by atoms with van der Waals surface area (Å²) in [5.41, 5.74) is 5.60. The molecule has 3 rings (SSSR count). The van der Waals surface area contributed by atoms with E-state index in [4.69, 9.17) is 0 Å². The number of carbonyl (C=O) groups is 1. The lowest BCUT2D eigenvalue weighted by Gasteiger charge is -1.99.